The fraction of sp³-hybridized carbons (Fsp3) is 0.542. The Bertz CT molecular complexity index is 882. The van der Waals surface area contributed by atoms with Crippen LogP contribution in [0.1, 0.15) is 75.3 Å². The third kappa shape index (κ3) is 3.47. The van der Waals surface area contributed by atoms with Crippen LogP contribution in [0.15, 0.2) is 24.3 Å². The van der Waals surface area contributed by atoms with Crippen molar-refractivity contribution in [3.63, 3.8) is 0 Å². The lowest BCUT2D eigenvalue weighted by Gasteiger charge is -2.42. The first-order valence-corrected chi connectivity index (χ1v) is 10.4. The highest BCUT2D eigenvalue weighted by Gasteiger charge is 2.35. The molecule has 3 heteroatoms. The van der Waals surface area contributed by atoms with Gasteiger partial charge in [-0.15, -0.1) is 0 Å². The van der Waals surface area contributed by atoms with Crippen molar-refractivity contribution in [3.05, 3.63) is 47.0 Å². The smallest absolute Gasteiger partial charge is 0.151 e. The molecule has 2 unspecified atom stereocenters. The predicted molar refractivity (Wildman–Crippen MR) is 104 cm³/mol. The maximum absolute atomic E-state index is 14.4. The van der Waals surface area contributed by atoms with E-state index in [2.05, 4.69) is 6.92 Å². The molecule has 4 rings (SSSR count). The summed E-state index contributed by atoms with van der Waals surface area (Å²) < 4.78 is 28.4. The minimum atomic E-state index is -0.766. The van der Waals surface area contributed by atoms with Crippen molar-refractivity contribution in [1.29, 1.82) is 5.26 Å². The fourth-order valence-electron chi connectivity index (χ4n) is 5.66. The molecule has 0 heterocycles. The molecule has 4 atom stereocenters. The van der Waals surface area contributed by atoms with Crippen molar-refractivity contribution >= 4 is 10.8 Å². The van der Waals surface area contributed by atoms with Crippen LogP contribution in [0.25, 0.3) is 10.8 Å². The van der Waals surface area contributed by atoms with Gasteiger partial charge >= 0.3 is 0 Å². The number of fused-ring (bicyclic) bond motifs is 2. The molecule has 142 valence electrons. The van der Waals surface area contributed by atoms with E-state index >= 15 is 0 Å². The Morgan fingerprint density at radius 1 is 1.04 bits per heavy atom. The van der Waals surface area contributed by atoms with Crippen molar-refractivity contribution in [1.82, 2.24) is 0 Å². The number of benzene rings is 2. The number of rotatable bonds is 3. The van der Waals surface area contributed by atoms with Crippen LogP contribution in [0.5, 0.6) is 0 Å². The highest BCUT2D eigenvalue weighted by molar-refractivity contribution is 5.85. The molecule has 2 aliphatic carbocycles. The summed E-state index contributed by atoms with van der Waals surface area (Å²) in [4.78, 5) is 0. The standard InChI is InChI=1S/C24H27F2N/c1-2-3-15-4-5-17-11-18(7-6-16(17)10-15)19-8-9-21-20(12-19)13-23(25)22(14-27)24(21)26/h8-9,12-13,15-18H,2-7,10-11H2,1H3/t15-,16?,17-,18?/m1/s1. The Morgan fingerprint density at radius 2 is 1.81 bits per heavy atom. The minimum absolute atomic E-state index is 0.338. The second-order valence-corrected chi connectivity index (χ2v) is 8.64. The zero-order valence-electron chi connectivity index (χ0n) is 16.0. The lowest BCUT2D eigenvalue weighted by molar-refractivity contribution is 0.114. The third-order valence-corrected chi connectivity index (χ3v) is 7.05. The largest absolute Gasteiger partial charge is 0.205 e. The molecule has 0 spiro atoms. The number of hydrogen-bond acceptors (Lipinski definition) is 1. The van der Waals surface area contributed by atoms with Crippen LogP contribution in [0, 0.1) is 40.7 Å². The number of halogens is 2. The van der Waals surface area contributed by atoms with Crippen molar-refractivity contribution in [2.75, 3.05) is 0 Å². The molecule has 0 amide bonds. The molecular formula is C24H27F2N. The molecular weight excluding hydrogens is 340 g/mol. The van der Waals surface area contributed by atoms with Gasteiger partial charge in [0.1, 0.15) is 17.4 Å². The Labute approximate surface area is 160 Å². The number of hydrogen-bond donors (Lipinski definition) is 0. The fourth-order valence-corrected chi connectivity index (χ4v) is 5.66. The second kappa shape index (κ2) is 7.58. The monoisotopic (exact) mass is 367 g/mol. The van der Waals surface area contributed by atoms with E-state index in [1.807, 2.05) is 12.1 Å². The van der Waals surface area contributed by atoms with E-state index in [1.165, 1.54) is 63.0 Å². The molecule has 27 heavy (non-hydrogen) atoms. The average molecular weight is 367 g/mol. The molecule has 0 bridgehead atoms. The third-order valence-electron chi connectivity index (χ3n) is 7.05. The van der Waals surface area contributed by atoms with Gasteiger partial charge in [0, 0.05) is 5.39 Å². The molecule has 2 fully saturated rings. The Kier molecular flexibility index (Phi) is 5.17. The van der Waals surface area contributed by atoms with Gasteiger partial charge in [0.15, 0.2) is 5.82 Å². The lowest BCUT2D eigenvalue weighted by atomic mass is 9.63. The van der Waals surface area contributed by atoms with E-state index in [-0.39, 0.29) is 0 Å². The maximum Gasteiger partial charge on any atom is 0.151 e. The predicted octanol–water partition coefficient (Wildman–Crippen LogP) is 7.09. The van der Waals surface area contributed by atoms with Gasteiger partial charge in [-0.05, 0) is 72.8 Å². The summed E-state index contributed by atoms with van der Waals surface area (Å²) in [6, 6.07) is 8.59. The van der Waals surface area contributed by atoms with Gasteiger partial charge in [-0.3, -0.25) is 0 Å². The van der Waals surface area contributed by atoms with Gasteiger partial charge in [0.05, 0.1) is 0 Å². The van der Waals surface area contributed by atoms with Crippen LogP contribution in [-0.4, -0.2) is 0 Å². The summed E-state index contributed by atoms with van der Waals surface area (Å²) in [5.41, 5.74) is 0.708. The van der Waals surface area contributed by atoms with Gasteiger partial charge in [-0.25, -0.2) is 8.78 Å². The van der Waals surface area contributed by atoms with Crippen LogP contribution in [0.2, 0.25) is 0 Å². The van der Waals surface area contributed by atoms with Crippen LogP contribution < -0.4 is 0 Å². The molecule has 0 N–H and O–H groups in total. The molecule has 2 aromatic rings. The van der Waals surface area contributed by atoms with Crippen LogP contribution in [0.4, 0.5) is 8.78 Å². The molecule has 0 radical (unpaired) electrons. The average Bonchev–Trinajstić information content (AvgIpc) is 2.67. The van der Waals surface area contributed by atoms with Crippen LogP contribution in [-0.2, 0) is 0 Å². The number of nitrogens with zero attached hydrogens (tertiary/aromatic N) is 1. The maximum atomic E-state index is 14.4. The van der Waals surface area contributed by atoms with Crippen molar-refractivity contribution in [2.45, 2.75) is 64.2 Å². The van der Waals surface area contributed by atoms with E-state index in [4.69, 9.17) is 5.26 Å². The van der Waals surface area contributed by atoms with E-state index < -0.39 is 17.2 Å². The van der Waals surface area contributed by atoms with Gasteiger partial charge in [0.25, 0.3) is 0 Å². The SMILES string of the molecule is CCC[C@@H]1CC[C@@H]2CC(c3ccc4c(F)c(C#N)c(F)cc4c3)CCC2C1. The Morgan fingerprint density at radius 3 is 2.59 bits per heavy atom. The zero-order valence-corrected chi connectivity index (χ0v) is 16.0. The Hall–Kier alpha value is -1.95. The molecule has 2 aromatic carbocycles. The molecule has 0 saturated heterocycles. The van der Waals surface area contributed by atoms with Crippen LogP contribution >= 0.6 is 0 Å². The van der Waals surface area contributed by atoms with E-state index in [0.29, 0.717) is 16.7 Å². The summed E-state index contributed by atoms with van der Waals surface area (Å²) in [6.45, 7) is 2.29. The molecule has 2 aliphatic rings. The van der Waals surface area contributed by atoms with Crippen molar-refractivity contribution in [3.8, 4) is 6.07 Å². The summed E-state index contributed by atoms with van der Waals surface area (Å²) in [5, 5.41) is 9.85. The van der Waals surface area contributed by atoms with Gasteiger partial charge in [-0.1, -0.05) is 44.4 Å². The number of nitriles is 1. The van der Waals surface area contributed by atoms with Gasteiger partial charge in [-0.2, -0.15) is 5.26 Å². The van der Waals surface area contributed by atoms with Crippen molar-refractivity contribution < 1.29 is 8.78 Å². The summed E-state index contributed by atoms with van der Waals surface area (Å²) in [7, 11) is 0. The molecule has 0 aliphatic heterocycles. The molecule has 2 saturated carbocycles. The first-order valence-electron chi connectivity index (χ1n) is 10.4. The van der Waals surface area contributed by atoms with E-state index in [9.17, 15) is 8.78 Å². The summed E-state index contributed by atoms with van der Waals surface area (Å²) in [6.07, 6.45) is 10.4. The topological polar surface area (TPSA) is 23.8 Å². The lowest BCUT2D eigenvalue weighted by Crippen LogP contribution is -2.30. The first kappa shape index (κ1) is 18.4. The zero-order chi connectivity index (χ0) is 19.0. The normalized spacial score (nSPS) is 27.9. The molecule has 1 nitrogen and oxygen atoms in total. The van der Waals surface area contributed by atoms with E-state index in [0.717, 1.165) is 17.8 Å². The second-order valence-electron chi connectivity index (χ2n) is 8.64. The highest BCUT2D eigenvalue weighted by Crippen LogP contribution is 2.48. The minimum Gasteiger partial charge on any atom is -0.205 e. The first-order chi connectivity index (χ1) is 13.1. The molecule has 0 aromatic heterocycles. The van der Waals surface area contributed by atoms with Gasteiger partial charge < -0.3 is 0 Å². The van der Waals surface area contributed by atoms with Crippen molar-refractivity contribution in [2.24, 2.45) is 17.8 Å². The van der Waals surface area contributed by atoms with E-state index in [1.54, 1.807) is 12.1 Å². The Balaban J connectivity index is 1.55. The van der Waals surface area contributed by atoms with Gasteiger partial charge in [0.2, 0.25) is 0 Å². The summed E-state index contributed by atoms with van der Waals surface area (Å²) >= 11 is 0. The highest BCUT2D eigenvalue weighted by atomic mass is 19.1. The van der Waals surface area contributed by atoms with Crippen LogP contribution in [0.3, 0.4) is 0 Å². The quantitative estimate of drug-likeness (QED) is 0.568. The summed E-state index contributed by atoms with van der Waals surface area (Å²) in [5.74, 6) is 1.59.